The first-order chi connectivity index (χ1) is 17.0. The molecule has 0 saturated carbocycles. The molecule has 0 bridgehead atoms. The number of nitrogens with one attached hydrogen (secondary N) is 1. The molecule has 1 aliphatic heterocycles. The Kier molecular flexibility index (Phi) is 6.26. The van der Waals surface area contributed by atoms with Gasteiger partial charge in [0.1, 0.15) is 6.54 Å². The number of carbonyl (C=O) groups excluding carboxylic acids is 1. The fourth-order valence-corrected chi connectivity index (χ4v) is 5.43. The molecule has 35 heavy (non-hydrogen) atoms. The predicted molar refractivity (Wildman–Crippen MR) is 142 cm³/mol. The molecule has 0 radical (unpaired) electrons. The summed E-state index contributed by atoms with van der Waals surface area (Å²) >= 11 is 5.71. The number of rotatable bonds is 6. The first-order valence-electron chi connectivity index (χ1n) is 11.8. The van der Waals surface area contributed by atoms with Crippen molar-refractivity contribution in [1.82, 2.24) is 19.8 Å². The highest BCUT2D eigenvalue weighted by atomic mass is 32.1. The van der Waals surface area contributed by atoms with Gasteiger partial charge in [-0.3, -0.25) is 9.78 Å². The van der Waals surface area contributed by atoms with Crippen LogP contribution in [0, 0.1) is 13.8 Å². The number of hydrogen-bond donors (Lipinski definition) is 1. The second kappa shape index (κ2) is 9.50. The number of carbonyl (C=O) groups is 1. The summed E-state index contributed by atoms with van der Waals surface area (Å²) in [5.74, 6) is -0.300. The number of pyridine rings is 1. The highest BCUT2D eigenvalue weighted by Crippen LogP contribution is 2.41. The van der Waals surface area contributed by atoms with Crippen molar-refractivity contribution in [3.63, 3.8) is 0 Å². The first-order valence-corrected chi connectivity index (χ1v) is 12.2. The first kappa shape index (κ1) is 23.1. The van der Waals surface area contributed by atoms with Crippen molar-refractivity contribution < 1.29 is 9.53 Å². The van der Waals surface area contributed by atoms with E-state index >= 15 is 0 Å². The Hall–Kier alpha value is -3.71. The molecule has 5 rings (SSSR count). The highest BCUT2D eigenvalue weighted by molar-refractivity contribution is 7.80. The van der Waals surface area contributed by atoms with E-state index in [4.69, 9.17) is 17.0 Å². The van der Waals surface area contributed by atoms with E-state index in [1.165, 1.54) is 10.8 Å². The Morgan fingerprint density at radius 1 is 1.09 bits per heavy atom. The average molecular weight is 485 g/mol. The summed E-state index contributed by atoms with van der Waals surface area (Å²) in [6, 6.07) is 22.4. The standard InChI is InChI=1S/C28H28N4O2S/c1-4-34-25(33)17-31-27(26(30-28(31)35)23-13-7-8-15-29-23)22-16-18(2)32(19(22)3)24-14-9-11-20-10-5-6-12-21(20)24/h5-16,26-27H,4,17H2,1-3H3,(H,30,35)/t26-,27+/m1/s1. The molecule has 0 unspecified atom stereocenters. The molecular formula is C28H28N4O2S. The molecule has 2 aromatic heterocycles. The number of benzene rings is 2. The van der Waals surface area contributed by atoms with Gasteiger partial charge in [-0.1, -0.05) is 42.5 Å². The SMILES string of the molecule is CCOC(=O)CN1C(=S)N[C@H](c2ccccn2)[C@@H]1c1cc(C)n(-c2cccc3ccccc23)c1C. The van der Waals surface area contributed by atoms with Crippen LogP contribution in [0.3, 0.4) is 0 Å². The van der Waals surface area contributed by atoms with Crippen molar-refractivity contribution in [2.75, 3.05) is 13.2 Å². The number of aryl methyl sites for hydroxylation is 1. The molecule has 2 aromatic carbocycles. The van der Waals surface area contributed by atoms with Gasteiger partial charge in [0.25, 0.3) is 0 Å². The minimum atomic E-state index is -0.300. The van der Waals surface area contributed by atoms with Crippen LogP contribution in [0.1, 0.15) is 41.7 Å². The van der Waals surface area contributed by atoms with E-state index in [-0.39, 0.29) is 24.6 Å². The highest BCUT2D eigenvalue weighted by Gasteiger charge is 2.42. The monoisotopic (exact) mass is 484 g/mol. The summed E-state index contributed by atoms with van der Waals surface area (Å²) < 4.78 is 7.55. The smallest absolute Gasteiger partial charge is 0.325 e. The van der Waals surface area contributed by atoms with Gasteiger partial charge in [-0.15, -0.1) is 0 Å². The molecule has 4 aromatic rings. The quantitative estimate of drug-likeness (QED) is 0.301. The van der Waals surface area contributed by atoms with Crippen LogP contribution >= 0.6 is 12.2 Å². The van der Waals surface area contributed by atoms with Gasteiger partial charge in [-0.25, -0.2) is 0 Å². The lowest BCUT2D eigenvalue weighted by Crippen LogP contribution is -2.35. The van der Waals surface area contributed by atoms with E-state index in [1.54, 1.807) is 6.20 Å². The van der Waals surface area contributed by atoms with Crippen LogP contribution < -0.4 is 5.32 Å². The fourth-order valence-electron chi connectivity index (χ4n) is 5.12. The minimum Gasteiger partial charge on any atom is -0.465 e. The normalized spacial score (nSPS) is 17.6. The molecule has 0 amide bonds. The molecule has 2 atom stereocenters. The van der Waals surface area contributed by atoms with Crippen LogP contribution in [0.4, 0.5) is 0 Å². The summed E-state index contributed by atoms with van der Waals surface area (Å²) in [4.78, 5) is 19.1. The molecule has 1 saturated heterocycles. The van der Waals surface area contributed by atoms with Crippen molar-refractivity contribution in [2.45, 2.75) is 32.9 Å². The maximum Gasteiger partial charge on any atom is 0.325 e. The van der Waals surface area contributed by atoms with Crippen LogP contribution in [-0.2, 0) is 9.53 Å². The topological polar surface area (TPSA) is 59.4 Å². The lowest BCUT2D eigenvalue weighted by atomic mass is 9.96. The van der Waals surface area contributed by atoms with Gasteiger partial charge in [0, 0.05) is 23.0 Å². The second-order valence-electron chi connectivity index (χ2n) is 8.72. The van der Waals surface area contributed by atoms with E-state index in [0.29, 0.717) is 11.7 Å². The van der Waals surface area contributed by atoms with Crippen molar-refractivity contribution in [1.29, 1.82) is 0 Å². The third kappa shape index (κ3) is 4.17. The van der Waals surface area contributed by atoms with Crippen LogP contribution in [-0.4, -0.2) is 38.7 Å². The zero-order valence-electron chi connectivity index (χ0n) is 20.1. The third-order valence-electron chi connectivity index (χ3n) is 6.60. The molecule has 7 heteroatoms. The van der Waals surface area contributed by atoms with E-state index in [2.05, 4.69) is 77.2 Å². The largest absolute Gasteiger partial charge is 0.465 e. The number of hydrogen-bond acceptors (Lipinski definition) is 4. The van der Waals surface area contributed by atoms with Crippen molar-refractivity contribution in [3.05, 3.63) is 95.6 Å². The zero-order chi connectivity index (χ0) is 24.5. The Bertz CT molecular complexity index is 1390. The molecule has 1 N–H and O–H groups in total. The second-order valence-corrected chi connectivity index (χ2v) is 9.11. The molecule has 6 nitrogen and oxygen atoms in total. The number of ether oxygens (including phenoxy) is 1. The number of esters is 1. The summed E-state index contributed by atoms with van der Waals surface area (Å²) in [6.45, 7) is 6.46. The summed E-state index contributed by atoms with van der Waals surface area (Å²) in [6.07, 6.45) is 1.78. The zero-order valence-corrected chi connectivity index (χ0v) is 20.9. The molecule has 3 heterocycles. The van der Waals surface area contributed by atoms with Crippen LogP contribution in [0.15, 0.2) is 72.9 Å². The average Bonchev–Trinajstić information content (AvgIpc) is 3.34. The Labute approximate surface area is 210 Å². The van der Waals surface area contributed by atoms with Crippen molar-refractivity contribution in [3.8, 4) is 5.69 Å². The van der Waals surface area contributed by atoms with Crippen LogP contribution in [0.2, 0.25) is 0 Å². The Morgan fingerprint density at radius 3 is 2.63 bits per heavy atom. The predicted octanol–water partition coefficient (Wildman–Crippen LogP) is 5.18. The Balaban J connectivity index is 1.65. The lowest BCUT2D eigenvalue weighted by molar-refractivity contribution is -0.143. The maximum absolute atomic E-state index is 12.5. The number of aromatic nitrogens is 2. The molecular weight excluding hydrogens is 456 g/mol. The minimum absolute atomic E-state index is 0.0750. The van der Waals surface area contributed by atoms with Gasteiger partial charge in [-0.05, 0) is 68.2 Å². The van der Waals surface area contributed by atoms with Crippen molar-refractivity contribution in [2.24, 2.45) is 0 Å². The van der Waals surface area contributed by atoms with Gasteiger partial charge < -0.3 is 19.5 Å². The van der Waals surface area contributed by atoms with Crippen LogP contribution in [0.25, 0.3) is 16.5 Å². The number of fused-ring (bicyclic) bond motifs is 1. The lowest BCUT2D eigenvalue weighted by Gasteiger charge is -2.27. The molecule has 0 spiro atoms. The van der Waals surface area contributed by atoms with Gasteiger partial charge in [0.05, 0.1) is 30.1 Å². The van der Waals surface area contributed by atoms with Crippen molar-refractivity contribution >= 4 is 34.1 Å². The molecule has 1 aliphatic rings. The molecule has 178 valence electrons. The third-order valence-corrected chi connectivity index (χ3v) is 6.95. The Morgan fingerprint density at radius 2 is 1.86 bits per heavy atom. The van der Waals surface area contributed by atoms with Gasteiger partial charge >= 0.3 is 5.97 Å². The van der Waals surface area contributed by atoms with E-state index < -0.39 is 0 Å². The maximum atomic E-state index is 12.5. The summed E-state index contributed by atoms with van der Waals surface area (Å²) in [7, 11) is 0. The fraction of sp³-hybridized carbons (Fsp3) is 0.250. The summed E-state index contributed by atoms with van der Waals surface area (Å²) in [5.41, 5.74) is 5.32. The number of nitrogens with zero attached hydrogens (tertiary/aromatic N) is 3. The van der Waals surface area contributed by atoms with Crippen LogP contribution in [0.5, 0.6) is 0 Å². The molecule has 0 aliphatic carbocycles. The van der Waals surface area contributed by atoms with Gasteiger partial charge in [-0.2, -0.15) is 0 Å². The van der Waals surface area contributed by atoms with E-state index in [9.17, 15) is 4.79 Å². The van der Waals surface area contributed by atoms with Gasteiger partial charge in [0.2, 0.25) is 0 Å². The van der Waals surface area contributed by atoms with E-state index in [1.807, 2.05) is 30.0 Å². The van der Waals surface area contributed by atoms with E-state index in [0.717, 1.165) is 28.3 Å². The van der Waals surface area contributed by atoms with Gasteiger partial charge in [0.15, 0.2) is 5.11 Å². The number of thiocarbonyl (C=S) groups is 1. The summed E-state index contributed by atoms with van der Waals surface area (Å²) in [5, 5.41) is 6.32. The molecule has 1 fully saturated rings.